The highest BCUT2D eigenvalue weighted by molar-refractivity contribution is 6.30. The molecule has 1 atom stereocenters. The van der Waals surface area contributed by atoms with Gasteiger partial charge >= 0.3 is 0 Å². The Hall–Kier alpha value is -1.46. The van der Waals surface area contributed by atoms with Gasteiger partial charge in [-0.05, 0) is 13.0 Å². The lowest BCUT2D eigenvalue weighted by molar-refractivity contribution is 0.172. The lowest BCUT2D eigenvalue weighted by Crippen LogP contribution is -2.06. The van der Waals surface area contributed by atoms with Gasteiger partial charge in [-0.15, -0.1) is 0 Å². The summed E-state index contributed by atoms with van der Waals surface area (Å²) in [5.41, 5.74) is 1.20. The maximum atomic E-state index is 13.6. The zero-order valence-electron chi connectivity index (χ0n) is 10.5. The molecule has 0 bridgehead atoms. The number of nitrogens with zero attached hydrogens (tertiary/aromatic N) is 2. The summed E-state index contributed by atoms with van der Waals surface area (Å²) in [6, 6.07) is 3.71. The molecular formula is C13H13ClF2N2O. The van der Waals surface area contributed by atoms with Crippen molar-refractivity contribution in [2.24, 2.45) is 7.05 Å². The SMILES string of the molecule is Cc1nn(C)c(Cl)c1CC(O)c1cccc(F)c1F. The summed E-state index contributed by atoms with van der Waals surface area (Å²) in [4.78, 5) is 0. The summed E-state index contributed by atoms with van der Waals surface area (Å²) < 4.78 is 28.2. The van der Waals surface area contributed by atoms with Crippen LogP contribution in [0.15, 0.2) is 18.2 Å². The fraction of sp³-hybridized carbons (Fsp3) is 0.308. The molecule has 0 spiro atoms. The van der Waals surface area contributed by atoms with Gasteiger partial charge in [0.25, 0.3) is 0 Å². The van der Waals surface area contributed by atoms with Crippen LogP contribution in [0.3, 0.4) is 0 Å². The van der Waals surface area contributed by atoms with E-state index in [0.29, 0.717) is 16.4 Å². The zero-order valence-corrected chi connectivity index (χ0v) is 11.2. The van der Waals surface area contributed by atoms with Crippen LogP contribution >= 0.6 is 11.6 Å². The topological polar surface area (TPSA) is 38.0 Å². The fourth-order valence-electron chi connectivity index (χ4n) is 1.99. The second-order valence-electron chi connectivity index (χ2n) is 4.34. The fourth-order valence-corrected chi connectivity index (χ4v) is 2.24. The van der Waals surface area contributed by atoms with Crippen molar-refractivity contribution in [3.8, 4) is 0 Å². The predicted octanol–water partition coefficient (Wildman–Crippen LogP) is 2.94. The summed E-state index contributed by atoms with van der Waals surface area (Å²) in [5, 5.41) is 14.5. The molecule has 102 valence electrons. The van der Waals surface area contributed by atoms with Crippen LogP contribution in [-0.2, 0) is 13.5 Å². The first kappa shape index (κ1) is 14.0. The summed E-state index contributed by atoms with van der Waals surface area (Å²) in [5.74, 6) is -2.02. The lowest BCUT2D eigenvalue weighted by Gasteiger charge is -2.12. The molecule has 0 aliphatic rings. The van der Waals surface area contributed by atoms with Crippen molar-refractivity contribution in [2.75, 3.05) is 0 Å². The van der Waals surface area contributed by atoms with E-state index in [1.807, 2.05) is 0 Å². The highest BCUT2D eigenvalue weighted by atomic mass is 35.5. The van der Waals surface area contributed by atoms with E-state index in [9.17, 15) is 13.9 Å². The van der Waals surface area contributed by atoms with Gasteiger partial charge in [-0.3, -0.25) is 4.68 Å². The molecular weight excluding hydrogens is 274 g/mol. The quantitative estimate of drug-likeness (QED) is 0.942. The van der Waals surface area contributed by atoms with E-state index in [2.05, 4.69) is 5.10 Å². The number of rotatable bonds is 3. The molecule has 2 rings (SSSR count). The smallest absolute Gasteiger partial charge is 0.164 e. The van der Waals surface area contributed by atoms with Gasteiger partial charge in [0.05, 0.1) is 11.8 Å². The van der Waals surface area contributed by atoms with Crippen molar-refractivity contribution >= 4 is 11.6 Å². The van der Waals surface area contributed by atoms with Crippen LogP contribution in [0.4, 0.5) is 8.78 Å². The number of halogens is 3. The van der Waals surface area contributed by atoms with E-state index in [-0.39, 0.29) is 12.0 Å². The van der Waals surface area contributed by atoms with Crippen molar-refractivity contribution in [1.82, 2.24) is 9.78 Å². The monoisotopic (exact) mass is 286 g/mol. The minimum Gasteiger partial charge on any atom is -0.388 e. The van der Waals surface area contributed by atoms with Gasteiger partial charge in [-0.2, -0.15) is 5.10 Å². The minimum atomic E-state index is -1.17. The Bertz CT molecular complexity index is 613. The average molecular weight is 287 g/mol. The first-order chi connectivity index (χ1) is 8.91. The summed E-state index contributed by atoms with van der Waals surface area (Å²) >= 11 is 6.04. The molecule has 6 heteroatoms. The molecule has 1 heterocycles. The number of hydrogen-bond donors (Lipinski definition) is 1. The Balaban J connectivity index is 2.31. The second kappa shape index (κ2) is 5.27. The van der Waals surface area contributed by atoms with Crippen molar-refractivity contribution < 1.29 is 13.9 Å². The highest BCUT2D eigenvalue weighted by Crippen LogP contribution is 2.27. The highest BCUT2D eigenvalue weighted by Gasteiger charge is 2.20. The van der Waals surface area contributed by atoms with Crippen molar-refractivity contribution in [1.29, 1.82) is 0 Å². The molecule has 0 fully saturated rings. The molecule has 0 radical (unpaired) electrons. The number of hydrogen-bond acceptors (Lipinski definition) is 2. The molecule has 1 unspecified atom stereocenters. The Labute approximate surface area is 114 Å². The van der Waals surface area contributed by atoms with Gasteiger partial charge in [0.15, 0.2) is 11.6 Å². The third-order valence-electron chi connectivity index (χ3n) is 3.01. The largest absolute Gasteiger partial charge is 0.388 e. The minimum absolute atomic E-state index is 0.0822. The molecule has 2 aromatic rings. The van der Waals surface area contributed by atoms with Crippen molar-refractivity contribution in [3.05, 3.63) is 51.8 Å². The van der Waals surface area contributed by atoms with Crippen LogP contribution in [0, 0.1) is 18.6 Å². The van der Waals surface area contributed by atoms with Crippen LogP contribution in [0.2, 0.25) is 5.15 Å². The number of benzene rings is 1. The molecule has 0 aliphatic carbocycles. The van der Waals surface area contributed by atoms with E-state index in [1.54, 1.807) is 14.0 Å². The first-order valence-electron chi connectivity index (χ1n) is 5.71. The van der Waals surface area contributed by atoms with E-state index >= 15 is 0 Å². The first-order valence-corrected chi connectivity index (χ1v) is 6.09. The maximum Gasteiger partial charge on any atom is 0.164 e. The Kier molecular flexibility index (Phi) is 3.87. The molecule has 0 aliphatic heterocycles. The molecule has 1 aromatic carbocycles. The van der Waals surface area contributed by atoms with Crippen LogP contribution in [-0.4, -0.2) is 14.9 Å². The Morgan fingerprint density at radius 2 is 2.11 bits per heavy atom. The lowest BCUT2D eigenvalue weighted by atomic mass is 10.0. The van der Waals surface area contributed by atoms with Gasteiger partial charge < -0.3 is 5.11 Å². The Morgan fingerprint density at radius 3 is 2.68 bits per heavy atom. The summed E-state index contributed by atoms with van der Waals surface area (Å²) in [6.45, 7) is 1.75. The average Bonchev–Trinajstić information content (AvgIpc) is 2.59. The van der Waals surface area contributed by atoms with E-state index in [4.69, 9.17) is 11.6 Å². The second-order valence-corrected chi connectivity index (χ2v) is 4.70. The van der Waals surface area contributed by atoms with Crippen molar-refractivity contribution in [3.63, 3.8) is 0 Å². The predicted molar refractivity (Wildman–Crippen MR) is 68.0 cm³/mol. The number of aryl methyl sites for hydroxylation is 2. The number of aliphatic hydroxyl groups excluding tert-OH is 1. The standard InChI is InChI=1S/C13H13ClF2N2O/c1-7-9(13(14)18(2)17-7)6-11(19)8-4-3-5-10(15)12(8)16/h3-5,11,19H,6H2,1-2H3. The van der Waals surface area contributed by atoms with Gasteiger partial charge in [-0.1, -0.05) is 23.7 Å². The molecule has 0 saturated carbocycles. The zero-order chi connectivity index (χ0) is 14.2. The summed E-state index contributed by atoms with van der Waals surface area (Å²) in [6.07, 6.45) is -1.09. The molecule has 1 N–H and O–H groups in total. The third-order valence-corrected chi connectivity index (χ3v) is 3.48. The molecule has 19 heavy (non-hydrogen) atoms. The van der Waals surface area contributed by atoms with Crippen molar-refractivity contribution in [2.45, 2.75) is 19.4 Å². The van der Waals surface area contributed by atoms with E-state index in [1.165, 1.54) is 16.8 Å². The van der Waals surface area contributed by atoms with Gasteiger partial charge in [0, 0.05) is 24.6 Å². The maximum absolute atomic E-state index is 13.6. The van der Waals surface area contributed by atoms with Crippen LogP contribution in [0.25, 0.3) is 0 Å². The third kappa shape index (κ3) is 2.62. The van der Waals surface area contributed by atoms with Crippen LogP contribution in [0.1, 0.15) is 22.9 Å². The molecule has 0 amide bonds. The van der Waals surface area contributed by atoms with Gasteiger partial charge in [-0.25, -0.2) is 8.78 Å². The molecule has 3 nitrogen and oxygen atoms in total. The Morgan fingerprint density at radius 1 is 1.42 bits per heavy atom. The summed E-state index contributed by atoms with van der Waals surface area (Å²) in [7, 11) is 1.67. The van der Waals surface area contributed by atoms with E-state index in [0.717, 1.165) is 6.07 Å². The van der Waals surface area contributed by atoms with Gasteiger partial charge in [0.1, 0.15) is 5.15 Å². The number of aromatic nitrogens is 2. The molecule has 1 aromatic heterocycles. The van der Waals surface area contributed by atoms with Gasteiger partial charge in [0.2, 0.25) is 0 Å². The normalized spacial score (nSPS) is 12.7. The van der Waals surface area contributed by atoms with E-state index < -0.39 is 17.7 Å². The molecule has 0 saturated heterocycles. The van der Waals surface area contributed by atoms with Crippen LogP contribution < -0.4 is 0 Å². The number of aliphatic hydroxyl groups is 1. The van der Waals surface area contributed by atoms with Crippen LogP contribution in [0.5, 0.6) is 0 Å².